The Morgan fingerprint density at radius 3 is 1.59 bits per heavy atom. The van der Waals surface area contributed by atoms with Crippen LogP contribution in [0.1, 0.15) is 280 Å². The minimum atomic E-state index is -1.67. The number of carbonyl (C=O) groups is 17. The lowest BCUT2D eigenvalue weighted by molar-refractivity contribution is -0.145. The predicted molar refractivity (Wildman–Crippen MR) is 480 cm³/mol. The van der Waals surface area contributed by atoms with E-state index in [0.717, 1.165) is 69.1 Å². The number of nitrogens with two attached hydrogens (primary N) is 8. The van der Waals surface area contributed by atoms with E-state index in [1.807, 2.05) is 6.92 Å². The molecule has 38 heteroatoms. The van der Waals surface area contributed by atoms with Crippen LogP contribution in [-0.4, -0.2) is 223 Å². The molecule has 3 aliphatic rings. The number of nitrogens with one attached hydrogen (secondary N) is 6. The van der Waals surface area contributed by atoms with Gasteiger partial charge in [-0.2, -0.15) is 0 Å². The first-order valence-electron chi connectivity index (χ1n) is 45.5. The van der Waals surface area contributed by atoms with Crippen LogP contribution in [0.5, 0.6) is 0 Å². The Hall–Kier alpha value is -10.1. The van der Waals surface area contributed by atoms with Crippen molar-refractivity contribution in [3.63, 3.8) is 0 Å². The SMILES string of the molecule is CC[C@@H](CCCN=C(N)N)C(=O)N[C@@H](CCC(N)=O)C(=O)C[C@@H](CCCN=C(N)N)C(=O)N[C@@H](CC1CCCCC1)C(N)=O.CC[C@](C)(CC(=O)[C@H]1C[C@H](O)CN1C(=O)[C@H](CO)CC(C)=O)C(=O)N[C@@H](Cc1ccncc1)C(=O)C[C@@H](CC1CCCCC1)C(=O)N[C@@](C)(CC)C(=O)C[C@@H](CC(N)=O)C(=O)N[C@@H](CCCCN)C(=O)CC(C)(C)C(=O)N[C@H](C(C)=O)[C@@H](C)O. The Morgan fingerprint density at radius 1 is 0.555 bits per heavy atom. The number of hydrogen-bond acceptors (Lipinski definition) is 24. The molecule has 0 spiro atoms. The number of carbonyl (C=O) groups excluding carboxylic acids is 17. The molecule has 2 aliphatic carbocycles. The largest absolute Gasteiger partial charge is 0.396 e. The number of guanidine groups is 2. The molecule has 38 nitrogen and oxygen atoms in total. The van der Waals surface area contributed by atoms with E-state index in [1.54, 1.807) is 32.9 Å². The zero-order valence-electron chi connectivity index (χ0n) is 77.0. The van der Waals surface area contributed by atoms with Crippen molar-refractivity contribution < 1.29 is 96.8 Å². The van der Waals surface area contributed by atoms with E-state index in [0.29, 0.717) is 57.1 Å². The molecule has 128 heavy (non-hydrogen) atoms. The first-order valence-corrected chi connectivity index (χ1v) is 45.5. The minimum Gasteiger partial charge on any atom is -0.396 e. The van der Waals surface area contributed by atoms with Crippen LogP contribution >= 0.6 is 0 Å². The first-order chi connectivity index (χ1) is 60.2. The average Bonchev–Trinajstić information content (AvgIpc) is 1.67. The summed E-state index contributed by atoms with van der Waals surface area (Å²) in [6.45, 7) is 15.0. The summed E-state index contributed by atoms with van der Waals surface area (Å²) in [6, 6.07) is -3.38. The molecule has 3 fully saturated rings. The molecule has 0 radical (unpaired) electrons. The molecule has 720 valence electrons. The Balaban J connectivity index is 0.000000805. The number of pyridine rings is 1. The molecule has 4 rings (SSSR count). The summed E-state index contributed by atoms with van der Waals surface area (Å²) in [4.78, 5) is 242. The fourth-order valence-electron chi connectivity index (χ4n) is 16.7. The standard InChI is InChI=1S/C61H96N8O15.C29H54N10O5/c1-10-60(8,33-50(77)47-31-44(74)34-69(47)56(82)43(35-70)25-36(3)71)58(84)66-46(27-40-20-23-64-24-21-40)48(75)28-41(26-39-17-13-12-14-18-39)55(81)68-61(9,11-2)51(78)29-42(30-52(63)79)54(80)65-45(19-15-16-22-62)49(76)32-59(6,7)57(83)67-53(37(4)72)38(5)73;1-2-19(10-6-14-36-28(32)33)26(43)38-21(12-13-24(30)41)23(40)17-20(11-7-15-37-29(34)35)27(44)39-22(25(31)42)16-18-8-4-3-5-9-18/h20-21,23-24,37,39,41-47,53,70,72,74H,10-19,22,25-35,62H2,1-9H3,(H2,63,79)(H,65,80)(H,66,84)(H,67,83)(H,68,81);18-22H,2-17H2,1H3,(H2,30,41)(H2,31,42)(H,38,43)(H,39,44)(H4,32,33,36)(H4,34,35,37)/t37-,41-,42+,43+,44+,45+,46+,47-,53+,60-,61+;19-,20+,21-,22-/m10/s1. The second kappa shape index (κ2) is 56.4. The Morgan fingerprint density at radius 2 is 1.09 bits per heavy atom. The minimum absolute atomic E-state index is 0.00465. The van der Waals surface area contributed by atoms with Crippen LogP contribution in [0.25, 0.3) is 0 Å². The van der Waals surface area contributed by atoms with Crippen molar-refractivity contribution in [2.45, 2.75) is 335 Å². The molecule has 1 saturated heterocycles. The number of hydrogen-bond donors (Lipinski definition) is 17. The maximum absolute atomic E-state index is 14.9. The number of aliphatic hydroxyl groups is 3. The van der Waals surface area contributed by atoms with E-state index in [4.69, 9.17) is 45.9 Å². The van der Waals surface area contributed by atoms with Gasteiger partial charge in [-0.1, -0.05) is 106 Å². The Kier molecular flexibility index (Phi) is 49.4. The number of β-amino-alcohol motifs (C(OH)–C–C–N with tert-alkyl or cyclic N) is 1. The van der Waals surface area contributed by atoms with Gasteiger partial charge in [0, 0.05) is 108 Å². The van der Waals surface area contributed by atoms with E-state index in [-0.39, 0.29) is 132 Å². The summed E-state index contributed by atoms with van der Waals surface area (Å²) in [6.07, 6.45) is 11.1. The third kappa shape index (κ3) is 39.5. The molecule has 1 aromatic rings. The van der Waals surface area contributed by atoms with Crippen LogP contribution in [0.3, 0.4) is 0 Å². The summed E-state index contributed by atoms with van der Waals surface area (Å²) >= 11 is 0. The van der Waals surface area contributed by atoms with E-state index in [2.05, 4.69) is 46.9 Å². The second-order valence-electron chi connectivity index (χ2n) is 36.4. The number of rotatable bonds is 60. The highest BCUT2D eigenvalue weighted by atomic mass is 16.3. The second-order valence-corrected chi connectivity index (χ2v) is 36.4. The number of aliphatic hydroxyl groups excluding tert-OH is 3. The van der Waals surface area contributed by atoms with Gasteiger partial charge < -0.3 is 103 Å². The van der Waals surface area contributed by atoms with Crippen LogP contribution in [0.15, 0.2) is 34.5 Å². The number of Topliss-reactive ketones (excluding diaryl/α,β-unsaturated/α-hetero) is 7. The summed E-state index contributed by atoms with van der Waals surface area (Å²) in [5.74, 6) is -14.7. The highest BCUT2D eigenvalue weighted by Crippen LogP contribution is 2.36. The quantitative estimate of drug-likeness (QED) is 0.0251. The summed E-state index contributed by atoms with van der Waals surface area (Å²) in [7, 11) is 0. The van der Waals surface area contributed by atoms with Gasteiger partial charge >= 0.3 is 0 Å². The summed E-state index contributed by atoms with van der Waals surface area (Å²) < 4.78 is 0. The molecule has 25 N–H and O–H groups in total. The number of unbranched alkanes of at least 4 members (excludes halogenated alkanes) is 1. The molecule has 10 amide bonds. The third-order valence-electron chi connectivity index (χ3n) is 25.1. The van der Waals surface area contributed by atoms with Crippen molar-refractivity contribution in [3.05, 3.63) is 30.1 Å². The van der Waals surface area contributed by atoms with Crippen molar-refractivity contribution in [2.24, 2.45) is 108 Å². The Bertz CT molecular complexity index is 3940. The lowest BCUT2D eigenvalue weighted by Crippen LogP contribution is -2.55. The Labute approximate surface area is 752 Å². The van der Waals surface area contributed by atoms with Gasteiger partial charge in [-0.15, -0.1) is 0 Å². The summed E-state index contributed by atoms with van der Waals surface area (Å²) in [5.41, 5.74) is 40.0. The lowest BCUT2D eigenvalue weighted by Gasteiger charge is -2.34. The predicted octanol–water partition coefficient (Wildman–Crippen LogP) is 1.76. The van der Waals surface area contributed by atoms with Gasteiger partial charge in [-0.25, -0.2) is 0 Å². The fourth-order valence-corrected chi connectivity index (χ4v) is 16.7. The first kappa shape index (κ1) is 112. The molecule has 0 bridgehead atoms. The van der Waals surface area contributed by atoms with Gasteiger partial charge in [0.15, 0.2) is 46.6 Å². The maximum atomic E-state index is 14.9. The number of likely N-dealkylation sites (tertiary alicyclic amines) is 1. The molecular weight excluding hydrogens is 1650 g/mol. The molecule has 0 aromatic carbocycles. The highest BCUT2D eigenvalue weighted by molar-refractivity contribution is 6.02. The lowest BCUT2D eigenvalue weighted by atomic mass is 9.78. The van der Waals surface area contributed by atoms with Crippen molar-refractivity contribution in [3.8, 4) is 0 Å². The van der Waals surface area contributed by atoms with Gasteiger partial charge in [0.1, 0.15) is 17.9 Å². The fraction of sp³-hybridized carbons (Fsp3) is 0.733. The number of amides is 10. The van der Waals surface area contributed by atoms with E-state index in [1.165, 1.54) is 53.9 Å². The number of primary amides is 3. The van der Waals surface area contributed by atoms with Gasteiger partial charge in [0.2, 0.25) is 59.1 Å². The van der Waals surface area contributed by atoms with Crippen LogP contribution in [0.4, 0.5) is 0 Å². The smallest absolute Gasteiger partial charge is 0.240 e. The highest BCUT2D eigenvalue weighted by Gasteiger charge is 2.47. The zero-order valence-corrected chi connectivity index (χ0v) is 77.0. The number of aromatic nitrogens is 1. The van der Waals surface area contributed by atoms with Crippen molar-refractivity contribution >= 4 is 111 Å². The van der Waals surface area contributed by atoms with E-state index < -0.39 is 215 Å². The van der Waals surface area contributed by atoms with Gasteiger partial charge in [-0.3, -0.25) is 91.7 Å². The van der Waals surface area contributed by atoms with Gasteiger partial charge in [0.05, 0.1) is 71.2 Å². The van der Waals surface area contributed by atoms with Crippen LogP contribution in [0.2, 0.25) is 0 Å². The summed E-state index contributed by atoms with van der Waals surface area (Å²) in [5, 5.41) is 47.2. The van der Waals surface area contributed by atoms with Crippen molar-refractivity contribution in [2.75, 3.05) is 32.8 Å². The number of aliphatic imine (C=N–C) groups is 2. The average molecular weight is 1800 g/mol. The topological polar surface area (TPSA) is 672 Å². The normalized spacial score (nSPS) is 18.3. The number of ketones is 7. The van der Waals surface area contributed by atoms with Gasteiger partial charge in [0.25, 0.3) is 0 Å². The molecule has 1 aliphatic heterocycles. The van der Waals surface area contributed by atoms with Crippen LogP contribution in [0, 0.1) is 52.3 Å². The van der Waals surface area contributed by atoms with E-state index in [9.17, 15) is 96.8 Å². The van der Waals surface area contributed by atoms with Crippen LogP contribution < -0.4 is 77.8 Å². The molecular formula is C90H150N18O20. The molecule has 1 aromatic heterocycles. The van der Waals surface area contributed by atoms with E-state index >= 15 is 0 Å². The molecule has 2 saturated carbocycles. The molecule has 0 unspecified atom stereocenters. The molecule has 15 atom stereocenters. The van der Waals surface area contributed by atoms with Crippen LogP contribution in [-0.2, 0) is 87.9 Å². The number of nitrogens with zero attached hydrogens (tertiary/aromatic N) is 4. The molecule has 2 heterocycles. The monoisotopic (exact) mass is 1800 g/mol. The van der Waals surface area contributed by atoms with Crippen molar-refractivity contribution in [1.82, 2.24) is 41.8 Å². The van der Waals surface area contributed by atoms with Gasteiger partial charge in [-0.05, 0) is 154 Å². The zero-order chi connectivity index (χ0) is 96.3. The van der Waals surface area contributed by atoms with Crippen molar-refractivity contribution in [1.29, 1.82) is 0 Å². The maximum Gasteiger partial charge on any atom is 0.240 e. The third-order valence-corrected chi connectivity index (χ3v) is 25.1.